The average Bonchev–Trinajstić information content (AvgIpc) is 2.73. The summed E-state index contributed by atoms with van der Waals surface area (Å²) in [5, 5.41) is 6.58. The average molecular weight is 235 g/mol. The Morgan fingerprint density at radius 2 is 2.41 bits per heavy atom. The number of hydrogen-bond acceptors (Lipinski definition) is 5. The van der Waals surface area contributed by atoms with Crippen molar-refractivity contribution in [3.05, 3.63) is 18.1 Å². The van der Waals surface area contributed by atoms with Gasteiger partial charge in [0.2, 0.25) is 0 Å². The minimum absolute atomic E-state index is 0.520. The van der Waals surface area contributed by atoms with Crippen molar-refractivity contribution < 1.29 is 0 Å². The van der Waals surface area contributed by atoms with Gasteiger partial charge in [-0.2, -0.15) is 0 Å². The Labute approximate surface area is 103 Å². The van der Waals surface area contributed by atoms with Crippen LogP contribution in [0.15, 0.2) is 12.3 Å². The van der Waals surface area contributed by atoms with Crippen LogP contribution >= 0.6 is 0 Å². The minimum Gasteiger partial charge on any atom is -0.366 e. The van der Waals surface area contributed by atoms with Gasteiger partial charge >= 0.3 is 0 Å². The van der Waals surface area contributed by atoms with E-state index in [1.807, 2.05) is 19.3 Å². The number of rotatable bonds is 5. The van der Waals surface area contributed by atoms with Crippen LogP contribution in [0.5, 0.6) is 0 Å². The monoisotopic (exact) mass is 235 g/mol. The van der Waals surface area contributed by atoms with Crippen LogP contribution in [-0.2, 0) is 6.42 Å². The zero-order valence-electron chi connectivity index (χ0n) is 10.6. The van der Waals surface area contributed by atoms with Crippen molar-refractivity contribution in [3.63, 3.8) is 0 Å². The molecule has 1 atom stereocenters. The first kappa shape index (κ1) is 12.3. The van der Waals surface area contributed by atoms with Crippen LogP contribution in [0.2, 0.25) is 0 Å². The Bertz CT molecular complexity index is 355. The smallest absolute Gasteiger partial charge is 0.131 e. The summed E-state index contributed by atoms with van der Waals surface area (Å²) in [6.07, 6.45) is 3.89. The molecule has 0 spiro atoms. The topological polar surface area (TPSA) is 53.1 Å². The third kappa shape index (κ3) is 3.64. The fourth-order valence-corrected chi connectivity index (χ4v) is 2.10. The zero-order valence-corrected chi connectivity index (χ0v) is 10.6. The van der Waals surface area contributed by atoms with Crippen LogP contribution in [0.1, 0.15) is 12.2 Å². The number of hydrogen-bond donors (Lipinski definition) is 2. The van der Waals surface area contributed by atoms with Gasteiger partial charge in [-0.3, -0.25) is 0 Å². The van der Waals surface area contributed by atoms with E-state index >= 15 is 0 Å². The molecular formula is C12H21N5. The highest BCUT2D eigenvalue weighted by molar-refractivity contribution is 5.34. The van der Waals surface area contributed by atoms with E-state index in [1.165, 1.54) is 6.42 Å². The summed E-state index contributed by atoms with van der Waals surface area (Å²) in [4.78, 5) is 11.1. The second-order valence-corrected chi connectivity index (χ2v) is 4.60. The van der Waals surface area contributed by atoms with E-state index in [0.717, 1.165) is 37.7 Å². The molecule has 0 aromatic carbocycles. The minimum atomic E-state index is 0.520. The number of nitrogens with zero attached hydrogens (tertiary/aromatic N) is 3. The lowest BCUT2D eigenvalue weighted by Crippen LogP contribution is -2.24. The van der Waals surface area contributed by atoms with Gasteiger partial charge in [0.15, 0.2) is 0 Å². The van der Waals surface area contributed by atoms with Crippen LogP contribution in [0.3, 0.4) is 0 Å². The maximum Gasteiger partial charge on any atom is 0.131 e. The molecule has 2 heterocycles. The second-order valence-electron chi connectivity index (χ2n) is 4.60. The molecule has 1 aromatic heterocycles. The van der Waals surface area contributed by atoms with Crippen LogP contribution in [-0.4, -0.2) is 54.6 Å². The predicted molar refractivity (Wildman–Crippen MR) is 69.2 cm³/mol. The highest BCUT2D eigenvalue weighted by Crippen LogP contribution is 2.12. The van der Waals surface area contributed by atoms with Gasteiger partial charge in [-0.05, 0) is 33.1 Å². The highest BCUT2D eigenvalue weighted by Gasteiger charge is 2.19. The Morgan fingerprint density at radius 3 is 3.12 bits per heavy atom. The summed E-state index contributed by atoms with van der Waals surface area (Å²) in [6, 6.07) is 2.47. The molecular weight excluding hydrogens is 214 g/mol. The number of nitrogens with one attached hydrogen (secondary N) is 2. The summed E-state index contributed by atoms with van der Waals surface area (Å²) in [5.74, 6) is 1.85. The molecule has 1 saturated heterocycles. The summed E-state index contributed by atoms with van der Waals surface area (Å²) >= 11 is 0. The first-order valence-corrected chi connectivity index (χ1v) is 6.19. The van der Waals surface area contributed by atoms with Crippen molar-refractivity contribution >= 4 is 5.82 Å². The molecule has 5 heteroatoms. The molecule has 0 amide bonds. The Hall–Kier alpha value is -1.20. The lowest BCUT2D eigenvalue weighted by molar-refractivity contribution is 0.414. The number of aromatic nitrogens is 2. The van der Waals surface area contributed by atoms with E-state index in [4.69, 9.17) is 0 Å². The van der Waals surface area contributed by atoms with E-state index < -0.39 is 0 Å². The molecule has 5 nitrogen and oxygen atoms in total. The fraction of sp³-hybridized carbons (Fsp3) is 0.667. The molecule has 1 unspecified atom stereocenters. The van der Waals surface area contributed by atoms with Gasteiger partial charge in [0.25, 0.3) is 0 Å². The van der Waals surface area contributed by atoms with Crippen molar-refractivity contribution in [3.8, 4) is 0 Å². The SMILES string of the molecule is CNCCc1nccc(NC2CCN(C)C2)n1. The van der Waals surface area contributed by atoms with Crippen molar-refractivity contribution in [2.24, 2.45) is 0 Å². The van der Waals surface area contributed by atoms with Crippen LogP contribution in [0.4, 0.5) is 5.82 Å². The molecule has 2 rings (SSSR count). The van der Waals surface area contributed by atoms with Crippen molar-refractivity contribution in [1.29, 1.82) is 0 Å². The first-order valence-electron chi connectivity index (χ1n) is 6.19. The quantitative estimate of drug-likeness (QED) is 0.771. The summed E-state index contributed by atoms with van der Waals surface area (Å²) in [7, 11) is 4.09. The van der Waals surface area contributed by atoms with E-state index in [1.54, 1.807) is 0 Å². The largest absolute Gasteiger partial charge is 0.366 e. The zero-order chi connectivity index (χ0) is 12.1. The molecule has 94 valence electrons. The van der Waals surface area contributed by atoms with Crippen molar-refractivity contribution in [2.45, 2.75) is 18.9 Å². The molecule has 0 bridgehead atoms. The molecule has 1 aromatic rings. The molecule has 0 radical (unpaired) electrons. The van der Waals surface area contributed by atoms with Gasteiger partial charge in [0.1, 0.15) is 11.6 Å². The van der Waals surface area contributed by atoms with Crippen molar-refractivity contribution in [1.82, 2.24) is 20.2 Å². The van der Waals surface area contributed by atoms with Gasteiger partial charge in [0, 0.05) is 31.7 Å². The lowest BCUT2D eigenvalue weighted by atomic mass is 10.2. The normalized spacial score (nSPS) is 20.7. The molecule has 17 heavy (non-hydrogen) atoms. The van der Waals surface area contributed by atoms with Crippen molar-refractivity contribution in [2.75, 3.05) is 39.0 Å². The first-order chi connectivity index (χ1) is 8.28. The third-order valence-corrected chi connectivity index (χ3v) is 3.05. The van der Waals surface area contributed by atoms with Gasteiger partial charge < -0.3 is 15.5 Å². The van der Waals surface area contributed by atoms with E-state index in [-0.39, 0.29) is 0 Å². The number of likely N-dealkylation sites (tertiary alicyclic amines) is 1. The second kappa shape index (κ2) is 5.93. The molecule has 1 aliphatic heterocycles. The lowest BCUT2D eigenvalue weighted by Gasteiger charge is -2.13. The van der Waals surface area contributed by atoms with Crippen LogP contribution in [0, 0.1) is 0 Å². The standard InChI is InChI=1S/C12H21N5/c1-13-6-3-11-14-7-4-12(16-11)15-10-5-8-17(2)9-10/h4,7,10,13H,3,5-6,8-9H2,1-2H3,(H,14,15,16). The Morgan fingerprint density at radius 1 is 1.53 bits per heavy atom. The Kier molecular flexibility index (Phi) is 4.28. The van der Waals surface area contributed by atoms with E-state index in [2.05, 4.69) is 32.5 Å². The maximum atomic E-state index is 4.52. The van der Waals surface area contributed by atoms with Gasteiger partial charge in [-0.25, -0.2) is 9.97 Å². The molecule has 0 saturated carbocycles. The number of anilines is 1. The van der Waals surface area contributed by atoms with E-state index in [9.17, 15) is 0 Å². The summed E-state index contributed by atoms with van der Waals surface area (Å²) in [6.45, 7) is 3.17. The third-order valence-electron chi connectivity index (χ3n) is 3.05. The predicted octanol–water partition coefficient (Wildman–Crippen LogP) is 0.354. The van der Waals surface area contributed by atoms with Gasteiger partial charge in [-0.1, -0.05) is 0 Å². The molecule has 0 aliphatic carbocycles. The summed E-state index contributed by atoms with van der Waals surface area (Å²) < 4.78 is 0. The van der Waals surface area contributed by atoms with Crippen LogP contribution in [0.25, 0.3) is 0 Å². The van der Waals surface area contributed by atoms with E-state index in [0.29, 0.717) is 6.04 Å². The highest BCUT2D eigenvalue weighted by atomic mass is 15.2. The van der Waals surface area contributed by atoms with Crippen LogP contribution < -0.4 is 10.6 Å². The number of likely N-dealkylation sites (N-methyl/N-ethyl adjacent to an activating group) is 2. The molecule has 1 aliphatic rings. The Balaban J connectivity index is 1.91. The fourth-order valence-electron chi connectivity index (χ4n) is 2.10. The summed E-state index contributed by atoms with van der Waals surface area (Å²) in [5.41, 5.74) is 0. The maximum absolute atomic E-state index is 4.52. The molecule has 1 fully saturated rings. The van der Waals surface area contributed by atoms with Gasteiger partial charge in [0.05, 0.1) is 0 Å². The van der Waals surface area contributed by atoms with Gasteiger partial charge in [-0.15, -0.1) is 0 Å². The molecule has 2 N–H and O–H groups in total.